The second-order valence-electron chi connectivity index (χ2n) is 29.2. The molecule has 100 heavy (non-hydrogen) atoms. The molecule has 0 rings (SSSR count). The van der Waals surface area contributed by atoms with Gasteiger partial charge in [0.25, 0.3) is 0 Å². The smallest absolute Gasteiger partial charge is 0.462 e. The van der Waals surface area contributed by atoms with E-state index in [0.29, 0.717) is 25.7 Å². The maximum Gasteiger partial charge on any atom is 0.472 e. The number of aliphatic hydroxyl groups is 1. The molecule has 0 aliphatic rings. The van der Waals surface area contributed by atoms with Gasteiger partial charge in [0.2, 0.25) is 0 Å². The summed E-state index contributed by atoms with van der Waals surface area (Å²) in [6, 6.07) is 0. The first kappa shape index (κ1) is 98.1. The number of phosphoric acid groups is 2. The lowest BCUT2D eigenvalue weighted by Crippen LogP contribution is -2.30. The average Bonchev–Trinajstić information content (AvgIpc) is 0.949. The van der Waals surface area contributed by atoms with Crippen LogP contribution < -0.4 is 0 Å². The number of hydrogen-bond acceptors (Lipinski definition) is 15. The first-order valence-electron chi connectivity index (χ1n) is 42.3. The molecule has 19 heteroatoms. The molecule has 0 radical (unpaired) electrons. The lowest BCUT2D eigenvalue weighted by atomic mass is 10.0. The maximum atomic E-state index is 13.1. The van der Waals surface area contributed by atoms with E-state index in [1.54, 1.807) is 0 Å². The van der Waals surface area contributed by atoms with Crippen LogP contribution in [-0.4, -0.2) is 96.7 Å². The lowest BCUT2D eigenvalue weighted by molar-refractivity contribution is -0.161. The standard InChI is InChI=1S/C81H158O17P2/c1-5-9-13-17-21-25-28-31-33-35-37-39-41-44-46-50-54-58-62-66-79(84)92-72-77(98-81(86)68-64-60-56-52-48-45-42-40-38-36-34-32-29-26-22-18-14-10-6-2)74-96-100(89,90)94-70-75(82)69-93-99(87,88)95-73-76(71-91-78(83)65-61-57-53-49-24-20-16-12-8-4)97-80(85)67-63-59-55-51-47-43-30-27-23-19-15-11-7-3/h75-77,82H,5-74H2,1-4H3,(H,87,88)(H,89,90)/t75-,76+,77+/m0/s1. The second kappa shape index (κ2) is 75.3. The number of carbonyl (C=O) groups is 4. The Labute approximate surface area is 613 Å². The fraction of sp³-hybridized carbons (Fsp3) is 0.951. The van der Waals surface area contributed by atoms with Crippen molar-refractivity contribution in [2.45, 2.75) is 457 Å². The predicted molar refractivity (Wildman–Crippen MR) is 409 cm³/mol. The number of hydrogen-bond donors (Lipinski definition) is 3. The predicted octanol–water partition coefficient (Wildman–Crippen LogP) is 24.6. The van der Waals surface area contributed by atoms with Crippen LogP contribution in [0.3, 0.4) is 0 Å². The highest BCUT2D eigenvalue weighted by Crippen LogP contribution is 2.45. The van der Waals surface area contributed by atoms with Crippen LogP contribution in [0.1, 0.15) is 439 Å². The van der Waals surface area contributed by atoms with E-state index in [-0.39, 0.29) is 25.7 Å². The van der Waals surface area contributed by atoms with Gasteiger partial charge in [0.05, 0.1) is 26.4 Å². The van der Waals surface area contributed by atoms with Gasteiger partial charge in [-0.1, -0.05) is 387 Å². The summed E-state index contributed by atoms with van der Waals surface area (Å²) < 4.78 is 68.7. The number of rotatable bonds is 82. The van der Waals surface area contributed by atoms with Crippen LogP contribution in [-0.2, 0) is 65.4 Å². The molecule has 0 aliphatic heterocycles. The Morgan fingerprint density at radius 2 is 0.400 bits per heavy atom. The number of ether oxygens (including phenoxy) is 4. The third-order valence-corrected chi connectivity index (χ3v) is 21.0. The highest BCUT2D eigenvalue weighted by molar-refractivity contribution is 7.47. The zero-order chi connectivity index (χ0) is 73.2. The lowest BCUT2D eigenvalue weighted by Gasteiger charge is -2.21. The SMILES string of the molecule is CCCCCCCCCCCCCCCCCCCCCC(=O)OC[C@H](COP(=O)(O)OC[C@@H](O)COP(=O)(O)OC[C@@H](COC(=O)CCCCCCCCCCC)OC(=O)CCCCCCCCCCCCCCC)OC(=O)CCCCCCCCCCCCCCCCCCCCC. The summed E-state index contributed by atoms with van der Waals surface area (Å²) in [6.07, 6.45) is 68.0. The molecule has 0 aromatic rings. The van der Waals surface area contributed by atoms with Crippen molar-refractivity contribution in [1.82, 2.24) is 0 Å². The molecule has 0 spiro atoms. The molecule has 0 aliphatic carbocycles. The largest absolute Gasteiger partial charge is 0.472 e. The van der Waals surface area contributed by atoms with Crippen molar-refractivity contribution in [2.24, 2.45) is 0 Å². The second-order valence-corrected chi connectivity index (χ2v) is 32.1. The number of aliphatic hydroxyl groups excluding tert-OH is 1. The number of phosphoric ester groups is 2. The zero-order valence-corrected chi connectivity index (χ0v) is 67.0. The quantitative estimate of drug-likeness (QED) is 0.0222. The van der Waals surface area contributed by atoms with Crippen molar-refractivity contribution in [1.29, 1.82) is 0 Å². The van der Waals surface area contributed by atoms with Gasteiger partial charge in [-0.15, -0.1) is 0 Å². The van der Waals surface area contributed by atoms with Crippen molar-refractivity contribution in [2.75, 3.05) is 39.6 Å². The first-order chi connectivity index (χ1) is 48.7. The number of carbonyl (C=O) groups excluding carboxylic acids is 4. The topological polar surface area (TPSA) is 237 Å². The molecular weight excluding hydrogens is 1310 g/mol. The number of unbranched alkanes of at least 4 members (excludes halogenated alkanes) is 56. The van der Waals surface area contributed by atoms with E-state index in [1.807, 2.05) is 0 Å². The summed E-state index contributed by atoms with van der Waals surface area (Å²) in [7, 11) is -9.91. The Bertz CT molecular complexity index is 1890. The molecule has 0 saturated heterocycles. The van der Waals surface area contributed by atoms with Gasteiger partial charge in [0.15, 0.2) is 12.2 Å². The third kappa shape index (κ3) is 74.3. The van der Waals surface area contributed by atoms with Crippen LogP contribution in [0.5, 0.6) is 0 Å². The Morgan fingerprint density at radius 1 is 0.240 bits per heavy atom. The van der Waals surface area contributed by atoms with E-state index >= 15 is 0 Å². The van der Waals surface area contributed by atoms with Gasteiger partial charge >= 0.3 is 39.5 Å². The van der Waals surface area contributed by atoms with Crippen LogP contribution in [0.2, 0.25) is 0 Å². The summed E-state index contributed by atoms with van der Waals surface area (Å²) in [5, 5.41) is 10.6. The van der Waals surface area contributed by atoms with Gasteiger partial charge in [0.1, 0.15) is 19.3 Å². The molecule has 0 fully saturated rings. The Balaban J connectivity index is 5.20. The molecule has 0 amide bonds. The van der Waals surface area contributed by atoms with E-state index in [4.69, 9.17) is 37.0 Å². The van der Waals surface area contributed by atoms with Gasteiger partial charge in [-0.05, 0) is 25.7 Å². The van der Waals surface area contributed by atoms with Crippen molar-refractivity contribution < 1.29 is 80.2 Å². The average molecular weight is 1470 g/mol. The summed E-state index contributed by atoms with van der Waals surface area (Å²) in [6.45, 7) is 5.01. The minimum atomic E-state index is -4.96. The third-order valence-electron chi connectivity index (χ3n) is 19.1. The van der Waals surface area contributed by atoms with E-state index in [0.717, 1.165) is 89.9 Å². The minimum Gasteiger partial charge on any atom is -0.462 e. The molecular formula is C81H158O17P2. The molecule has 0 saturated carbocycles. The molecule has 0 bridgehead atoms. The van der Waals surface area contributed by atoms with Crippen molar-refractivity contribution in [3.05, 3.63) is 0 Å². The van der Waals surface area contributed by atoms with Crippen LogP contribution in [0.4, 0.5) is 0 Å². The van der Waals surface area contributed by atoms with Gasteiger partial charge in [-0.25, -0.2) is 9.13 Å². The normalized spacial score (nSPS) is 13.8. The monoisotopic (exact) mass is 1470 g/mol. The Kier molecular flexibility index (Phi) is 73.8. The molecule has 0 aromatic heterocycles. The first-order valence-corrected chi connectivity index (χ1v) is 45.3. The molecule has 17 nitrogen and oxygen atoms in total. The van der Waals surface area contributed by atoms with Crippen LogP contribution >= 0.6 is 15.6 Å². The van der Waals surface area contributed by atoms with Crippen LogP contribution in [0, 0.1) is 0 Å². The van der Waals surface area contributed by atoms with Crippen molar-refractivity contribution in [3.63, 3.8) is 0 Å². The highest BCUT2D eigenvalue weighted by Gasteiger charge is 2.30. The van der Waals surface area contributed by atoms with Crippen LogP contribution in [0.25, 0.3) is 0 Å². The fourth-order valence-corrected chi connectivity index (χ4v) is 14.2. The highest BCUT2D eigenvalue weighted by atomic mass is 31.2. The van der Waals surface area contributed by atoms with Gasteiger partial charge in [-0.3, -0.25) is 37.3 Å². The fourth-order valence-electron chi connectivity index (χ4n) is 12.6. The van der Waals surface area contributed by atoms with E-state index < -0.39 is 97.5 Å². The molecule has 3 N–H and O–H groups in total. The molecule has 5 atom stereocenters. The minimum absolute atomic E-state index is 0.108. The van der Waals surface area contributed by atoms with Gasteiger partial charge < -0.3 is 33.8 Å². The zero-order valence-electron chi connectivity index (χ0n) is 65.2. The van der Waals surface area contributed by atoms with Crippen molar-refractivity contribution >= 4 is 39.5 Å². The van der Waals surface area contributed by atoms with Gasteiger partial charge in [-0.2, -0.15) is 0 Å². The van der Waals surface area contributed by atoms with E-state index in [9.17, 15) is 43.2 Å². The molecule has 0 heterocycles. The number of esters is 4. The summed E-state index contributed by atoms with van der Waals surface area (Å²) in [4.78, 5) is 73.0. The Morgan fingerprint density at radius 3 is 0.590 bits per heavy atom. The van der Waals surface area contributed by atoms with Crippen LogP contribution in [0.15, 0.2) is 0 Å². The van der Waals surface area contributed by atoms with E-state index in [2.05, 4.69) is 27.7 Å². The molecule has 594 valence electrons. The summed E-state index contributed by atoms with van der Waals surface area (Å²) >= 11 is 0. The van der Waals surface area contributed by atoms with E-state index in [1.165, 1.54) is 270 Å². The summed E-state index contributed by atoms with van der Waals surface area (Å²) in [5.41, 5.74) is 0. The molecule has 0 aromatic carbocycles. The maximum absolute atomic E-state index is 13.1. The molecule has 2 unspecified atom stereocenters. The summed E-state index contributed by atoms with van der Waals surface area (Å²) in [5.74, 6) is -2.11. The van der Waals surface area contributed by atoms with Crippen molar-refractivity contribution in [3.8, 4) is 0 Å². The Hall–Kier alpha value is -1.94. The van der Waals surface area contributed by atoms with Gasteiger partial charge in [0, 0.05) is 25.7 Å².